The third-order valence-corrected chi connectivity index (χ3v) is 10.5. The lowest BCUT2D eigenvalue weighted by molar-refractivity contribution is -0.870. The molecular formula is C44H85N2O6P. The molecule has 2 N–H and O–H groups in total. The number of phosphoric acid groups is 1. The van der Waals surface area contributed by atoms with Crippen molar-refractivity contribution in [1.82, 2.24) is 5.32 Å². The Labute approximate surface area is 327 Å². The van der Waals surface area contributed by atoms with Gasteiger partial charge in [-0.15, -0.1) is 0 Å². The molecule has 0 aliphatic rings. The van der Waals surface area contributed by atoms with Gasteiger partial charge in [0.1, 0.15) is 13.2 Å². The molecule has 0 fully saturated rings. The summed E-state index contributed by atoms with van der Waals surface area (Å²) >= 11 is 0. The smallest absolute Gasteiger partial charge is 0.268 e. The number of hydrogen-bond donors (Lipinski definition) is 2. The molecule has 0 saturated heterocycles. The van der Waals surface area contributed by atoms with Crippen LogP contribution >= 0.6 is 7.82 Å². The molecular weight excluding hydrogens is 683 g/mol. The Balaban J connectivity index is 4.40. The summed E-state index contributed by atoms with van der Waals surface area (Å²) < 4.78 is 23.1. The molecule has 8 nitrogen and oxygen atoms in total. The Bertz CT molecular complexity index is 964. The average molecular weight is 769 g/mol. The minimum Gasteiger partial charge on any atom is -0.756 e. The van der Waals surface area contributed by atoms with Crippen molar-refractivity contribution in [1.29, 1.82) is 0 Å². The summed E-state index contributed by atoms with van der Waals surface area (Å²) in [5, 5.41) is 13.7. The van der Waals surface area contributed by atoms with Crippen LogP contribution in [0.3, 0.4) is 0 Å². The Hall–Kier alpha value is -1.28. The van der Waals surface area contributed by atoms with Gasteiger partial charge in [-0.25, -0.2) is 0 Å². The molecule has 0 spiro atoms. The van der Waals surface area contributed by atoms with Crippen molar-refractivity contribution < 1.29 is 32.9 Å². The maximum atomic E-state index is 12.8. The van der Waals surface area contributed by atoms with Gasteiger partial charge in [0.15, 0.2) is 0 Å². The van der Waals surface area contributed by atoms with Crippen LogP contribution in [0.25, 0.3) is 0 Å². The number of aliphatic hydroxyl groups excluding tert-OH is 1. The number of amides is 1. The molecule has 0 saturated carbocycles. The highest BCUT2D eigenvalue weighted by molar-refractivity contribution is 7.45. The highest BCUT2D eigenvalue weighted by Crippen LogP contribution is 2.38. The van der Waals surface area contributed by atoms with Crippen LogP contribution in [-0.2, 0) is 18.4 Å². The number of phosphoric ester groups is 1. The zero-order valence-corrected chi connectivity index (χ0v) is 36.1. The van der Waals surface area contributed by atoms with Crippen molar-refractivity contribution in [3.8, 4) is 0 Å². The molecule has 9 heteroatoms. The molecule has 3 unspecified atom stereocenters. The van der Waals surface area contributed by atoms with Crippen LogP contribution in [-0.4, -0.2) is 68.5 Å². The van der Waals surface area contributed by atoms with E-state index >= 15 is 0 Å². The number of rotatable bonds is 39. The SMILES string of the molecule is CCC/C=C\CCCCCCCC(=O)NC(COP(=O)([O-])OCC[N+](C)(C)C)C(O)/C=C/CC/C=C/CCCCCCCCCCCCCCCCC. The zero-order valence-electron chi connectivity index (χ0n) is 35.2. The number of carbonyl (C=O) groups is 1. The monoisotopic (exact) mass is 769 g/mol. The number of carbonyl (C=O) groups excluding carboxylic acids is 1. The fourth-order valence-electron chi connectivity index (χ4n) is 6.05. The van der Waals surface area contributed by atoms with Crippen molar-refractivity contribution in [2.45, 2.75) is 199 Å². The van der Waals surface area contributed by atoms with Crippen LogP contribution < -0.4 is 10.2 Å². The van der Waals surface area contributed by atoms with Gasteiger partial charge < -0.3 is 28.8 Å². The molecule has 0 aliphatic carbocycles. The lowest BCUT2D eigenvalue weighted by Crippen LogP contribution is -2.45. The van der Waals surface area contributed by atoms with Gasteiger partial charge in [0.25, 0.3) is 7.82 Å². The van der Waals surface area contributed by atoms with Crippen LogP contribution in [0.15, 0.2) is 36.5 Å². The Morgan fingerprint density at radius 1 is 0.642 bits per heavy atom. The third-order valence-electron chi connectivity index (χ3n) is 9.55. The van der Waals surface area contributed by atoms with Gasteiger partial charge >= 0.3 is 0 Å². The molecule has 0 heterocycles. The first-order valence-electron chi connectivity index (χ1n) is 21.9. The summed E-state index contributed by atoms with van der Waals surface area (Å²) in [6.45, 7) is 4.55. The summed E-state index contributed by atoms with van der Waals surface area (Å²) in [6.07, 6.45) is 43.5. The van der Waals surface area contributed by atoms with Crippen molar-refractivity contribution in [3.05, 3.63) is 36.5 Å². The number of allylic oxidation sites excluding steroid dienone is 5. The summed E-state index contributed by atoms with van der Waals surface area (Å²) in [4.78, 5) is 25.2. The van der Waals surface area contributed by atoms with Gasteiger partial charge in [0.05, 0.1) is 39.9 Å². The topological polar surface area (TPSA) is 108 Å². The zero-order chi connectivity index (χ0) is 39.3. The van der Waals surface area contributed by atoms with E-state index in [0.29, 0.717) is 17.4 Å². The first-order valence-corrected chi connectivity index (χ1v) is 23.3. The Morgan fingerprint density at radius 3 is 1.60 bits per heavy atom. The van der Waals surface area contributed by atoms with Gasteiger partial charge in [-0.05, 0) is 51.4 Å². The highest BCUT2D eigenvalue weighted by Gasteiger charge is 2.23. The van der Waals surface area contributed by atoms with Gasteiger partial charge in [-0.3, -0.25) is 9.36 Å². The second-order valence-corrected chi connectivity index (χ2v) is 17.4. The molecule has 312 valence electrons. The van der Waals surface area contributed by atoms with E-state index in [1.54, 1.807) is 6.08 Å². The van der Waals surface area contributed by atoms with E-state index in [2.05, 4.69) is 43.5 Å². The minimum atomic E-state index is -4.59. The predicted molar refractivity (Wildman–Crippen MR) is 224 cm³/mol. The van der Waals surface area contributed by atoms with E-state index in [1.165, 1.54) is 103 Å². The summed E-state index contributed by atoms with van der Waals surface area (Å²) in [5.41, 5.74) is 0. The van der Waals surface area contributed by atoms with Crippen LogP contribution in [0.1, 0.15) is 187 Å². The van der Waals surface area contributed by atoms with Crippen molar-refractivity contribution in [3.63, 3.8) is 0 Å². The van der Waals surface area contributed by atoms with E-state index < -0.39 is 26.6 Å². The van der Waals surface area contributed by atoms with Crippen molar-refractivity contribution >= 4 is 13.7 Å². The molecule has 0 aromatic rings. The summed E-state index contributed by atoms with van der Waals surface area (Å²) in [6, 6.07) is -0.904. The largest absolute Gasteiger partial charge is 0.756 e. The number of nitrogens with one attached hydrogen (secondary N) is 1. The van der Waals surface area contributed by atoms with Gasteiger partial charge in [0, 0.05) is 6.42 Å². The lowest BCUT2D eigenvalue weighted by Gasteiger charge is -2.29. The second-order valence-electron chi connectivity index (χ2n) is 16.0. The molecule has 0 bridgehead atoms. The molecule has 0 aromatic heterocycles. The van der Waals surface area contributed by atoms with E-state index in [-0.39, 0.29) is 12.5 Å². The maximum absolute atomic E-state index is 12.8. The van der Waals surface area contributed by atoms with Gasteiger partial charge in [0.2, 0.25) is 5.91 Å². The highest BCUT2D eigenvalue weighted by atomic mass is 31.2. The summed E-state index contributed by atoms with van der Waals surface area (Å²) in [5.74, 6) is -0.220. The molecule has 1 amide bonds. The Morgan fingerprint density at radius 2 is 1.09 bits per heavy atom. The molecule has 0 radical (unpaired) electrons. The number of nitrogens with zero attached hydrogens (tertiary/aromatic N) is 1. The first-order chi connectivity index (χ1) is 25.5. The van der Waals surface area contributed by atoms with Gasteiger partial charge in [-0.2, -0.15) is 0 Å². The van der Waals surface area contributed by atoms with E-state index in [4.69, 9.17) is 9.05 Å². The second kappa shape index (κ2) is 36.4. The quantitative estimate of drug-likeness (QED) is 0.0279. The van der Waals surface area contributed by atoms with E-state index in [9.17, 15) is 19.4 Å². The summed E-state index contributed by atoms with van der Waals surface area (Å²) in [7, 11) is 1.23. The lowest BCUT2D eigenvalue weighted by atomic mass is 10.0. The standard InChI is InChI=1S/C44H85N2O6P/c1-6-8-10-12-14-16-18-19-20-21-22-23-24-25-26-27-28-29-31-33-35-37-43(47)42(41-52-53(49,50)51-40-39-46(3,4)5)45-44(48)38-36-34-32-30-17-15-13-11-9-7-2/h11,13,28-29,35,37,42-43,47H,6-10,12,14-27,30-34,36,38-41H2,1-5H3,(H-,45,48,49,50)/b13-11-,29-28+,37-35+. The van der Waals surface area contributed by atoms with Crippen LogP contribution in [0, 0.1) is 0 Å². The number of unbranched alkanes of at least 4 members (excludes halogenated alkanes) is 22. The maximum Gasteiger partial charge on any atom is 0.268 e. The fourth-order valence-corrected chi connectivity index (χ4v) is 6.77. The van der Waals surface area contributed by atoms with Crippen LogP contribution in [0.4, 0.5) is 0 Å². The Kier molecular flexibility index (Phi) is 35.5. The molecule has 0 aromatic carbocycles. The van der Waals surface area contributed by atoms with Crippen molar-refractivity contribution in [2.75, 3.05) is 40.9 Å². The number of hydrogen-bond acceptors (Lipinski definition) is 6. The fraction of sp³-hybridized carbons (Fsp3) is 0.841. The van der Waals surface area contributed by atoms with E-state index in [1.807, 2.05) is 27.2 Å². The minimum absolute atomic E-state index is 0.00819. The molecule has 53 heavy (non-hydrogen) atoms. The van der Waals surface area contributed by atoms with Gasteiger partial charge in [-0.1, -0.05) is 166 Å². The van der Waals surface area contributed by atoms with E-state index in [0.717, 1.165) is 64.2 Å². The number of aliphatic hydroxyl groups is 1. The third kappa shape index (κ3) is 38.8. The van der Waals surface area contributed by atoms with Crippen LogP contribution in [0.5, 0.6) is 0 Å². The number of quaternary nitrogens is 1. The first kappa shape index (κ1) is 51.7. The molecule has 0 aliphatic heterocycles. The molecule has 0 rings (SSSR count). The number of likely N-dealkylation sites (N-methyl/N-ethyl adjacent to an activating group) is 1. The molecule has 3 atom stereocenters. The average Bonchev–Trinajstić information content (AvgIpc) is 3.10. The van der Waals surface area contributed by atoms with Crippen LogP contribution in [0.2, 0.25) is 0 Å². The normalized spacial score (nSPS) is 14.8. The van der Waals surface area contributed by atoms with Crippen molar-refractivity contribution in [2.24, 2.45) is 0 Å². The predicted octanol–water partition coefficient (Wildman–Crippen LogP) is 11.3.